The summed E-state index contributed by atoms with van der Waals surface area (Å²) in [7, 11) is 0. The summed E-state index contributed by atoms with van der Waals surface area (Å²) < 4.78 is 12.2. The second-order valence-corrected chi connectivity index (χ2v) is 12.0. The Labute approximate surface area is 245 Å². The van der Waals surface area contributed by atoms with Crippen molar-refractivity contribution in [3.05, 3.63) is 57.8 Å². The van der Waals surface area contributed by atoms with Crippen molar-refractivity contribution in [1.29, 1.82) is 5.26 Å². The molecular formula is C32H37NO5S2. The fourth-order valence-corrected chi connectivity index (χ4v) is 6.95. The first-order chi connectivity index (χ1) is 19.4. The van der Waals surface area contributed by atoms with Gasteiger partial charge < -0.3 is 9.47 Å². The van der Waals surface area contributed by atoms with Gasteiger partial charge in [0.15, 0.2) is 0 Å². The quantitative estimate of drug-likeness (QED) is 0.0721. The first-order valence-electron chi connectivity index (χ1n) is 14.1. The third-order valence-corrected chi connectivity index (χ3v) is 9.52. The number of carbonyl (C=O) groups excluding carboxylic acids is 3. The molecule has 3 rings (SSSR count). The van der Waals surface area contributed by atoms with Gasteiger partial charge in [-0.2, -0.15) is 5.26 Å². The maximum absolute atomic E-state index is 13.2. The number of benzene rings is 2. The average Bonchev–Trinajstić information content (AvgIpc) is 3.41. The van der Waals surface area contributed by atoms with Gasteiger partial charge in [0, 0.05) is 5.56 Å². The van der Waals surface area contributed by atoms with E-state index in [1.807, 2.05) is 13.8 Å². The molecule has 6 nitrogen and oxygen atoms in total. The van der Waals surface area contributed by atoms with Crippen molar-refractivity contribution < 1.29 is 23.9 Å². The number of fused-ring (bicyclic) bond motifs is 1. The Kier molecular flexibility index (Phi) is 12.4. The molecule has 2 atom stereocenters. The van der Waals surface area contributed by atoms with Gasteiger partial charge >= 0.3 is 11.9 Å². The molecule has 2 aromatic rings. The van der Waals surface area contributed by atoms with E-state index < -0.39 is 0 Å². The molecule has 0 spiro atoms. The van der Waals surface area contributed by atoms with Crippen LogP contribution in [0.15, 0.2) is 62.1 Å². The highest BCUT2D eigenvalue weighted by atomic mass is 32.2. The predicted molar refractivity (Wildman–Crippen MR) is 159 cm³/mol. The van der Waals surface area contributed by atoms with Crippen LogP contribution in [0.1, 0.15) is 89.4 Å². The third kappa shape index (κ3) is 7.80. The SMILES string of the molecule is CCCCC(CC)C(=O)Oc1ccc(OC(=O)C(CC)CCCC)c2c1SC(=C(C#N)C(=O)c1ccccc1)S2. The fourth-order valence-electron chi connectivity index (χ4n) is 4.37. The maximum Gasteiger partial charge on any atom is 0.314 e. The van der Waals surface area contributed by atoms with E-state index in [0.29, 0.717) is 43.9 Å². The molecule has 0 radical (unpaired) electrons. The van der Waals surface area contributed by atoms with E-state index in [9.17, 15) is 19.6 Å². The number of ketones is 1. The standard InChI is InChI=1S/C32H37NO5S2/c1-5-9-14-21(7-3)30(35)37-25-18-19-26(38-31(36)22(8-4)15-10-6-2)29-28(25)39-32(40-29)24(20-33)27(34)23-16-12-11-13-17-23/h11-13,16-19,21-22H,5-10,14-15H2,1-4H3. The van der Waals surface area contributed by atoms with E-state index in [-0.39, 0.29) is 35.1 Å². The number of Topliss-reactive ketones (excluding diaryl/α,β-unsaturated/α-hetero) is 1. The number of allylic oxidation sites excluding steroid dienone is 1. The lowest BCUT2D eigenvalue weighted by Crippen LogP contribution is -2.21. The highest BCUT2D eigenvalue weighted by molar-refractivity contribution is 8.24. The van der Waals surface area contributed by atoms with Gasteiger partial charge in [-0.05, 0) is 37.8 Å². The number of unbranched alkanes of at least 4 members (excludes halogenated alkanes) is 2. The van der Waals surface area contributed by atoms with E-state index >= 15 is 0 Å². The van der Waals surface area contributed by atoms with Crippen LogP contribution in [0.2, 0.25) is 0 Å². The van der Waals surface area contributed by atoms with Crippen LogP contribution in [0.4, 0.5) is 0 Å². The predicted octanol–water partition coefficient (Wildman–Crippen LogP) is 8.75. The van der Waals surface area contributed by atoms with Crippen LogP contribution in [0.3, 0.4) is 0 Å². The summed E-state index contributed by atoms with van der Waals surface area (Å²) in [5, 5.41) is 9.97. The van der Waals surface area contributed by atoms with Crippen molar-refractivity contribution >= 4 is 41.2 Å². The Bertz CT molecular complexity index is 1220. The topological polar surface area (TPSA) is 93.5 Å². The molecule has 40 heavy (non-hydrogen) atoms. The molecule has 1 aliphatic rings. The molecule has 0 N–H and O–H groups in total. The molecule has 0 saturated carbocycles. The lowest BCUT2D eigenvalue weighted by atomic mass is 10.00. The molecule has 0 bridgehead atoms. The first-order valence-corrected chi connectivity index (χ1v) is 15.7. The number of nitrogens with zero attached hydrogens (tertiary/aromatic N) is 1. The zero-order chi connectivity index (χ0) is 29.1. The Balaban J connectivity index is 2.00. The van der Waals surface area contributed by atoms with Gasteiger partial charge in [0.1, 0.15) is 23.1 Å². The highest BCUT2D eigenvalue weighted by Gasteiger charge is 2.33. The van der Waals surface area contributed by atoms with Crippen LogP contribution in [-0.4, -0.2) is 17.7 Å². The fraction of sp³-hybridized carbons (Fsp3) is 0.438. The molecule has 0 amide bonds. The van der Waals surface area contributed by atoms with Gasteiger partial charge in [-0.1, -0.05) is 107 Å². The smallest absolute Gasteiger partial charge is 0.314 e. The first kappa shape index (κ1) is 31.5. The van der Waals surface area contributed by atoms with Gasteiger partial charge in [0.05, 0.1) is 25.9 Å². The minimum Gasteiger partial charge on any atom is -0.425 e. The Hall–Kier alpha value is -3.02. The average molecular weight is 580 g/mol. The summed E-state index contributed by atoms with van der Waals surface area (Å²) in [4.78, 5) is 40.5. The third-order valence-electron chi connectivity index (χ3n) is 6.89. The van der Waals surface area contributed by atoms with Crippen LogP contribution >= 0.6 is 23.5 Å². The molecule has 8 heteroatoms. The lowest BCUT2D eigenvalue weighted by molar-refractivity contribution is -0.140. The maximum atomic E-state index is 13.2. The van der Waals surface area contributed by atoms with Crippen molar-refractivity contribution in [2.24, 2.45) is 11.8 Å². The van der Waals surface area contributed by atoms with Crippen molar-refractivity contribution in [3.8, 4) is 17.6 Å². The largest absolute Gasteiger partial charge is 0.425 e. The zero-order valence-electron chi connectivity index (χ0n) is 23.7. The van der Waals surface area contributed by atoms with Gasteiger partial charge in [-0.25, -0.2) is 0 Å². The number of hydrogen-bond donors (Lipinski definition) is 0. The molecular weight excluding hydrogens is 542 g/mol. The highest BCUT2D eigenvalue weighted by Crippen LogP contribution is 2.59. The number of nitriles is 1. The monoisotopic (exact) mass is 579 g/mol. The number of rotatable bonds is 14. The van der Waals surface area contributed by atoms with Gasteiger partial charge in [0.25, 0.3) is 0 Å². The van der Waals surface area contributed by atoms with Gasteiger partial charge in [-0.15, -0.1) is 0 Å². The van der Waals surface area contributed by atoms with Crippen LogP contribution in [0.25, 0.3) is 0 Å². The second-order valence-electron chi connectivity index (χ2n) is 9.73. The Morgan fingerprint density at radius 3 is 1.65 bits per heavy atom. The summed E-state index contributed by atoms with van der Waals surface area (Å²) >= 11 is 2.40. The molecule has 0 aromatic heterocycles. The molecule has 212 valence electrons. The van der Waals surface area contributed by atoms with E-state index in [2.05, 4.69) is 19.9 Å². The number of carbonyl (C=O) groups is 3. The molecule has 0 aliphatic carbocycles. The summed E-state index contributed by atoms with van der Waals surface area (Å²) in [6.45, 7) is 8.11. The summed E-state index contributed by atoms with van der Waals surface area (Å²) in [6, 6.07) is 14.0. The number of thioether (sulfide) groups is 2. The lowest BCUT2D eigenvalue weighted by Gasteiger charge is -2.17. The van der Waals surface area contributed by atoms with Crippen LogP contribution in [0.5, 0.6) is 11.5 Å². The number of ether oxygens (including phenoxy) is 2. The molecule has 2 aromatic carbocycles. The van der Waals surface area contributed by atoms with Crippen LogP contribution in [0, 0.1) is 23.2 Å². The molecule has 0 fully saturated rings. The van der Waals surface area contributed by atoms with Crippen LogP contribution < -0.4 is 9.47 Å². The molecule has 1 heterocycles. The molecule has 1 aliphatic heterocycles. The second kappa shape index (κ2) is 15.7. The zero-order valence-corrected chi connectivity index (χ0v) is 25.3. The van der Waals surface area contributed by atoms with E-state index in [1.165, 1.54) is 23.5 Å². The van der Waals surface area contributed by atoms with Gasteiger partial charge in [-0.3, -0.25) is 14.4 Å². The Morgan fingerprint density at radius 1 is 0.775 bits per heavy atom. The summed E-state index contributed by atoms with van der Waals surface area (Å²) in [5.41, 5.74) is 0.404. The van der Waals surface area contributed by atoms with Crippen molar-refractivity contribution in [1.82, 2.24) is 0 Å². The minimum atomic E-state index is -0.390. The van der Waals surface area contributed by atoms with E-state index in [1.54, 1.807) is 42.5 Å². The van der Waals surface area contributed by atoms with E-state index in [0.717, 1.165) is 38.5 Å². The molecule has 0 saturated heterocycles. The normalized spacial score (nSPS) is 13.6. The summed E-state index contributed by atoms with van der Waals surface area (Å²) in [5.74, 6) is -0.774. The van der Waals surface area contributed by atoms with Gasteiger partial charge in [0.2, 0.25) is 5.78 Å². The van der Waals surface area contributed by atoms with Crippen LogP contribution in [-0.2, 0) is 9.59 Å². The van der Waals surface area contributed by atoms with Crippen molar-refractivity contribution in [2.45, 2.75) is 88.9 Å². The summed E-state index contributed by atoms with van der Waals surface area (Å²) in [6.07, 6.45) is 6.68. The number of esters is 2. The molecule has 2 unspecified atom stereocenters. The van der Waals surface area contributed by atoms with E-state index in [4.69, 9.17) is 9.47 Å². The van der Waals surface area contributed by atoms with Crippen molar-refractivity contribution in [2.75, 3.05) is 0 Å². The van der Waals surface area contributed by atoms with Crippen molar-refractivity contribution in [3.63, 3.8) is 0 Å². The number of hydrogen-bond acceptors (Lipinski definition) is 8. The minimum absolute atomic E-state index is 0.00397. The Morgan fingerprint density at radius 2 is 1.25 bits per heavy atom.